The zero-order valence-corrected chi connectivity index (χ0v) is 10.3. The molecule has 5 heteroatoms. The minimum Gasteiger partial charge on any atom is -0.300 e. The highest BCUT2D eigenvalue weighted by Crippen LogP contribution is 2.35. The Morgan fingerprint density at radius 3 is 2.53 bits per heavy atom. The molecule has 1 aliphatic carbocycles. The van der Waals surface area contributed by atoms with Crippen LogP contribution in [0.3, 0.4) is 0 Å². The van der Waals surface area contributed by atoms with Crippen LogP contribution in [0, 0.1) is 5.82 Å². The normalized spacial score (nSPS) is 21.3. The van der Waals surface area contributed by atoms with E-state index >= 15 is 0 Å². The number of ketones is 1. The Bertz CT molecular complexity index is 479. The highest BCUT2D eigenvalue weighted by Gasteiger charge is 2.34. The fourth-order valence-corrected chi connectivity index (χ4v) is 2.49. The van der Waals surface area contributed by atoms with Gasteiger partial charge < -0.3 is 0 Å². The third kappa shape index (κ3) is 3.33. The quantitative estimate of drug-likeness (QED) is 0.545. The van der Waals surface area contributed by atoms with Gasteiger partial charge in [0.05, 0.1) is 5.56 Å². The van der Waals surface area contributed by atoms with E-state index in [9.17, 15) is 22.4 Å². The predicted molar refractivity (Wildman–Crippen MR) is 62.2 cm³/mol. The van der Waals surface area contributed by atoms with Crippen molar-refractivity contribution in [3.63, 3.8) is 0 Å². The van der Waals surface area contributed by atoms with Crippen LogP contribution in [0.25, 0.3) is 0 Å². The molecule has 0 aliphatic heterocycles. The second kappa shape index (κ2) is 5.31. The van der Waals surface area contributed by atoms with Gasteiger partial charge in [0.15, 0.2) is 0 Å². The minimum atomic E-state index is -4.68. The Labute approximate surface area is 108 Å². The zero-order valence-electron chi connectivity index (χ0n) is 10.3. The Hall–Kier alpha value is -1.39. The van der Waals surface area contributed by atoms with Crippen LogP contribution in [-0.4, -0.2) is 5.78 Å². The van der Waals surface area contributed by atoms with Crippen molar-refractivity contribution in [3.05, 3.63) is 35.1 Å². The van der Waals surface area contributed by atoms with E-state index in [1.54, 1.807) is 0 Å². The molecule has 2 rings (SSSR count). The summed E-state index contributed by atoms with van der Waals surface area (Å²) in [4.78, 5) is 11.5. The lowest BCUT2D eigenvalue weighted by Crippen LogP contribution is -2.10. The average molecular weight is 274 g/mol. The fourth-order valence-electron chi connectivity index (χ4n) is 2.49. The second-order valence-corrected chi connectivity index (χ2v) is 4.92. The molecule has 1 nitrogen and oxygen atoms in total. The van der Waals surface area contributed by atoms with Crippen molar-refractivity contribution in [2.45, 2.75) is 44.2 Å². The molecule has 0 bridgehead atoms. The number of carbonyl (C=O) groups is 1. The van der Waals surface area contributed by atoms with Crippen molar-refractivity contribution in [3.8, 4) is 0 Å². The Morgan fingerprint density at radius 1 is 1.16 bits per heavy atom. The molecular formula is C14H14F4O. The van der Waals surface area contributed by atoms with Crippen molar-refractivity contribution in [1.82, 2.24) is 0 Å². The molecule has 0 radical (unpaired) electrons. The number of hydrogen-bond acceptors (Lipinski definition) is 1. The molecule has 1 atom stereocenters. The molecule has 1 aliphatic rings. The van der Waals surface area contributed by atoms with Gasteiger partial charge in [-0.1, -0.05) is 12.5 Å². The van der Waals surface area contributed by atoms with Gasteiger partial charge in [0.1, 0.15) is 11.6 Å². The maximum absolute atomic E-state index is 13.5. The first-order valence-electron chi connectivity index (χ1n) is 6.26. The van der Waals surface area contributed by atoms with Gasteiger partial charge in [-0.25, -0.2) is 4.39 Å². The zero-order chi connectivity index (χ0) is 14.0. The highest BCUT2D eigenvalue weighted by molar-refractivity contribution is 5.79. The monoisotopic (exact) mass is 274 g/mol. The molecule has 1 saturated carbocycles. The van der Waals surface area contributed by atoms with E-state index in [-0.39, 0.29) is 11.7 Å². The van der Waals surface area contributed by atoms with Gasteiger partial charge in [-0.3, -0.25) is 4.79 Å². The van der Waals surface area contributed by atoms with E-state index in [1.807, 2.05) is 0 Å². The second-order valence-electron chi connectivity index (χ2n) is 4.92. The molecule has 104 valence electrons. The summed E-state index contributed by atoms with van der Waals surface area (Å²) >= 11 is 0. The number of carbonyl (C=O) groups excluding carboxylic acids is 1. The first kappa shape index (κ1) is 14.0. The molecule has 0 spiro atoms. The van der Waals surface area contributed by atoms with Gasteiger partial charge in [-0.15, -0.1) is 0 Å². The molecule has 0 amide bonds. The van der Waals surface area contributed by atoms with E-state index < -0.39 is 17.6 Å². The smallest absolute Gasteiger partial charge is 0.300 e. The Kier molecular flexibility index (Phi) is 3.92. The van der Waals surface area contributed by atoms with Crippen LogP contribution >= 0.6 is 0 Å². The fraction of sp³-hybridized carbons (Fsp3) is 0.500. The molecule has 0 aromatic heterocycles. The summed E-state index contributed by atoms with van der Waals surface area (Å²) < 4.78 is 50.9. The van der Waals surface area contributed by atoms with Gasteiger partial charge in [0.25, 0.3) is 0 Å². The van der Waals surface area contributed by atoms with Crippen LogP contribution in [0.2, 0.25) is 0 Å². The number of hydrogen-bond donors (Lipinski definition) is 0. The van der Waals surface area contributed by atoms with Crippen LogP contribution in [0.15, 0.2) is 18.2 Å². The number of Topliss-reactive ketones (excluding diaryl/α,β-unsaturated/α-hetero) is 1. The van der Waals surface area contributed by atoms with Crippen LogP contribution in [0.5, 0.6) is 0 Å². The lowest BCUT2D eigenvalue weighted by molar-refractivity contribution is -0.140. The molecular weight excluding hydrogens is 260 g/mol. The van der Waals surface area contributed by atoms with E-state index in [0.717, 1.165) is 31.4 Å². The Balaban J connectivity index is 2.26. The molecule has 1 fully saturated rings. The summed E-state index contributed by atoms with van der Waals surface area (Å²) in [5.74, 6) is -1.32. The summed E-state index contributed by atoms with van der Waals surface area (Å²) in [5.41, 5.74) is -0.767. The summed E-state index contributed by atoms with van der Waals surface area (Å²) in [5, 5.41) is 0. The van der Waals surface area contributed by atoms with E-state index in [4.69, 9.17) is 0 Å². The summed E-state index contributed by atoms with van der Waals surface area (Å²) in [6.07, 6.45) is -1.50. The third-order valence-corrected chi connectivity index (χ3v) is 3.50. The van der Waals surface area contributed by atoms with E-state index in [2.05, 4.69) is 0 Å². The number of halogens is 4. The van der Waals surface area contributed by atoms with Crippen LogP contribution in [-0.2, 0) is 11.0 Å². The molecule has 1 aromatic rings. The third-order valence-electron chi connectivity index (χ3n) is 3.50. The first-order chi connectivity index (χ1) is 8.88. The predicted octanol–water partition coefficient (Wildman–Crippen LogP) is 4.46. The van der Waals surface area contributed by atoms with E-state index in [1.165, 1.54) is 6.07 Å². The topological polar surface area (TPSA) is 17.1 Å². The number of alkyl halides is 3. The summed E-state index contributed by atoms with van der Waals surface area (Å²) in [6.45, 7) is 0. The SMILES string of the molecule is O=C1CCCCC(c2ccc(C(F)(F)F)c(F)c2)C1. The van der Waals surface area contributed by atoms with Crippen molar-refractivity contribution in [2.75, 3.05) is 0 Å². The molecule has 19 heavy (non-hydrogen) atoms. The first-order valence-corrected chi connectivity index (χ1v) is 6.26. The maximum Gasteiger partial charge on any atom is 0.419 e. The number of rotatable bonds is 1. The van der Waals surface area contributed by atoms with Crippen molar-refractivity contribution < 1.29 is 22.4 Å². The van der Waals surface area contributed by atoms with Crippen molar-refractivity contribution in [2.24, 2.45) is 0 Å². The van der Waals surface area contributed by atoms with Crippen LogP contribution in [0.4, 0.5) is 17.6 Å². The van der Waals surface area contributed by atoms with Gasteiger partial charge in [0.2, 0.25) is 0 Å². The largest absolute Gasteiger partial charge is 0.419 e. The van der Waals surface area contributed by atoms with Gasteiger partial charge >= 0.3 is 6.18 Å². The molecule has 0 N–H and O–H groups in total. The number of benzene rings is 1. The van der Waals surface area contributed by atoms with Gasteiger partial charge in [-0.05, 0) is 36.5 Å². The summed E-state index contributed by atoms with van der Waals surface area (Å²) in [6, 6.07) is 2.97. The van der Waals surface area contributed by atoms with Gasteiger partial charge in [0, 0.05) is 12.8 Å². The molecule has 0 saturated heterocycles. The van der Waals surface area contributed by atoms with Crippen molar-refractivity contribution >= 4 is 5.78 Å². The molecule has 1 aromatic carbocycles. The summed E-state index contributed by atoms with van der Waals surface area (Å²) in [7, 11) is 0. The lowest BCUT2D eigenvalue weighted by atomic mass is 9.90. The minimum absolute atomic E-state index is 0.0998. The van der Waals surface area contributed by atoms with E-state index in [0.29, 0.717) is 18.4 Å². The van der Waals surface area contributed by atoms with Crippen LogP contribution in [0.1, 0.15) is 49.1 Å². The van der Waals surface area contributed by atoms with Crippen molar-refractivity contribution in [1.29, 1.82) is 0 Å². The standard InChI is InChI=1S/C14H14F4O/c15-13-8-10(5-6-12(13)14(16,17)18)9-3-1-2-4-11(19)7-9/h5-6,8-9H,1-4,7H2. The molecule has 0 heterocycles. The Morgan fingerprint density at radius 2 is 1.89 bits per heavy atom. The average Bonchev–Trinajstić information content (AvgIpc) is 2.52. The maximum atomic E-state index is 13.5. The highest BCUT2D eigenvalue weighted by atomic mass is 19.4. The van der Waals surface area contributed by atoms with Crippen LogP contribution < -0.4 is 0 Å². The van der Waals surface area contributed by atoms with Gasteiger partial charge in [-0.2, -0.15) is 13.2 Å². The lowest BCUT2D eigenvalue weighted by Gasteiger charge is -2.15. The molecule has 1 unspecified atom stereocenters.